The fourth-order valence-corrected chi connectivity index (χ4v) is 3.65. The van der Waals surface area contributed by atoms with Crippen molar-refractivity contribution in [3.05, 3.63) is 58.7 Å². The minimum atomic E-state index is -0.910. The summed E-state index contributed by atoms with van der Waals surface area (Å²) in [6.07, 6.45) is 2.91. The highest BCUT2D eigenvalue weighted by molar-refractivity contribution is 5.96. The number of Topliss-reactive ketones (excluding diaryl/α,β-unsaturated/α-hetero) is 1. The van der Waals surface area contributed by atoms with Crippen LogP contribution in [-0.4, -0.2) is 25.0 Å². The second-order valence-corrected chi connectivity index (χ2v) is 8.16. The average molecular weight is 441 g/mol. The van der Waals surface area contributed by atoms with Crippen molar-refractivity contribution in [2.75, 3.05) is 7.11 Å². The van der Waals surface area contributed by atoms with Gasteiger partial charge in [0.25, 0.3) is 0 Å². The number of aryl methyl sites for hydroxylation is 2. The number of carbonyl (C=O) groups excluding carboxylic acids is 2. The second-order valence-electron chi connectivity index (χ2n) is 8.16. The SMILES string of the molecule is CCCc1cc(C(=O)CC)cc(CCC)c1OC(C(=O)OC)c1ccc(OC(C)C)cc1. The fourth-order valence-electron chi connectivity index (χ4n) is 3.65. The van der Waals surface area contributed by atoms with Gasteiger partial charge in [0.2, 0.25) is 6.10 Å². The summed E-state index contributed by atoms with van der Waals surface area (Å²) in [4.78, 5) is 25.1. The number of carbonyl (C=O) groups is 2. The van der Waals surface area contributed by atoms with Gasteiger partial charge in [-0.15, -0.1) is 0 Å². The van der Waals surface area contributed by atoms with Crippen LogP contribution in [-0.2, 0) is 22.4 Å². The Bertz CT molecular complexity index is 872. The molecule has 1 unspecified atom stereocenters. The van der Waals surface area contributed by atoms with Crippen molar-refractivity contribution in [2.24, 2.45) is 0 Å². The summed E-state index contributed by atoms with van der Waals surface area (Å²) in [6, 6.07) is 11.1. The van der Waals surface area contributed by atoms with Crippen LogP contribution in [0.3, 0.4) is 0 Å². The number of benzene rings is 2. The molecule has 0 N–H and O–H groups in total. The van der Waals surface area contributed by atoms with Gasteiger partial charge >= 0.3 is 5.97 Å². The van der Waals surface area contributed by atoms with Crippen molar-refractivity contribution >= 4 is 11.8 Å². The monoisotopic (exact) mass is 440 g/mol. The van der Waals surface area contributed by atoms with Gasteiger partial charge in [-0.2, -0.15) is 0 Å². The van der Waals surface area contributed by atoms with E-state index in [0.29, 0.717) is 23.3 Å². The predicted molar refractivity (Wildman–Crippen MR) is 127 cm³/mol. The molecule has 1 atom stereocenters. The lowest BCUT2D eigenvalue weighted by Gasteiger charge is -2.23. The van der Waals surface area contributed by atoms with E-state index < -0.39 is 12.1 Å². The van der Waals surface area contributed by atoms with E-state index in [1.165, 1.54) is 7.11 Å². The number of ether oxygens (including phenoxy) is 3. The summed E-state index contributed by atoms with van der Waals surface area (Å²) in [5.41, 5.74) is 3.29. The Hall–Kier alpha value is -2.82. The molecule has 32 heavy (non-hydrogen) atoms. The van der Waals surface area contributed by atoms with Crippen LogP contribution in [0.15, 0.2) is 36.4 Å². The average Bonchev–Trinajstić information content (AvgIpc) is 2.78. The van der Waals surface area contributed by atoms with E-state index in [1.807, 2.05) is 57.2 Å². The molecule has 5 heteroatoms. The molecule has 0 saturated carbocycles. The molecule has 0 heterocycles. The van der Waals surface area contributed by atoms with E-state index in [1.54, 1.807) is 0 Å². The molecule has 174 valence electrons. The molecule has 2 aromatic carbocycles. The molecule has 0 radical (unpaired) electrons. The quantitative estimate of drug-likeness (QED) is 0.288. The van der Waals surface area contributed by atoms with E-state index in [9.17, 15) is 9.59 Å². The summed E-state index contributed by atoms with van der Waals surface area (Å²) < 4.78 is 17.2. The molecule has 0 aliphatic heterocycles. The highest BCUT2D eigenvalue weighted by Gasteiger charge is 2.27. The molecular formula is C27H36O5. The van der Waals surface area contributed by atoms with E-state index in [4.69, 9.17) is 14.2 Å². The van der Waals surface area contributed by atoms with E-state index in [2.05, 4.69) is 13.8 Å². The normalized spacial score (nSPS) is 11.8. The Morgan fingerprint density at radius 2 is 1.44 bits per heavy atom. The molecule has 5 nitrogen and oxygen atoms in total. The largest absolute Gasteiger partial charge is 0.491 e. The highest BCUT2D eigenvalue weighted by Crippen LogP contribution is 2.34. The van der Waals surface area contributed by atoms with Gasteiger partial charge in [-0.25, -0.2) is 4.79 Å². The van der Waals surface area contributed by atoms with E-state index in [-0.39, 0.29) is 11.9 Å². The fraction of sp³-hybridized carbons (Fsp3) is 0.481. The summed E-state index contributed by atoms with van der Waals surface area (Å²) in [6.45, 7) is 9.97. The molecule has 0 bridgehead atoms. The predicted octanol–water partition coefficient (Wildman–Crippen LogP) is 6.26. The number of esters is 1. The van der Waals surface area contributed by atoms with Crippen LogP contribution >= 0.6 is 0 Å². The highest BCUT2D eigenvalue weighted by atomic mass is 16.6. The zero-order valence-electron chi connectivity index (χ0n) is 20.2. The van der Waals surface area contributed by atoms with Crippen molar-refractivity contribution in [3.8, 4) is 11.5 Å². The lowest BCUT2D eigenvalue weighted by Crippen LogP contribution is -2.21. The number of rotatable bonds is 12. The van der Waals surface area contributed by atoms with Crippen molar-refractivity contribution < 1.29 is 23.8 Å². The van der Waals surface area contributed by atoms with Gasteiger partial charge in [-0.1, -0.05) is 45.7 Å². The van der Waals surface area contributed by atoms with Crippen molar-refractivity contribution in [1.82, 2.24) is 0 Å². The Kier molecular flexibility index (Phi) is 9.76. The Morgan fingerprint density at radius 3 is 1.88 bits per heavy atom. The van der Waals surface area contributed by atoms with Crippen LogP contribution in [0.2, 0.25) is 0 Å². The number of hydrogen-bond donors (Lipinski definition) is 0. The number of methoxy groups -OCH3 is 1. The third-order valence-electron chi connectivity index (χ3n) is 5.13. The Labute approximate surface area is 192 Å². The van der Waals surface area contributed by atoms with Gasteiger partial charge in [0.1, 0.15) is 11.5 Å². The molecule has 0 saturated heterocycles. The maximum absolute atomic E-state index is 12.7. The van der Waals surface area contributed by atoms with E-state index in [0.717, 1.165) is 42.6 Å². The zero-order chi connectivity index (χ0) is 23.7. The minimum absolute atomic E-state index is 0.0612. The van der Waals surface area contributed by atoms with Crippen molar-refractivity contribution in [3.63, 3.8) is 0 Å². The maximum Gasteiger partial charge on any atom is 0.351 e. The third-order valence-corrected chi connectivity index (χ3v) is 5.13. The van der Waals surface area contributed by atoms with Gasteiger partial charge in [0.15, 0.2) is 5.78 Å². The zero-order valence-corrected chi connectivity index (χ0v) is 20.2. The molecule has 0 fully saturated rings. The summed E-state index contributed by atoms with van der Waals surface area (Å²) in [5.74, 6) is 1.05. The number of hydrogen-bond acceptors (Lipinski definition) is 5. The molecule has 0 aliphatic rings. The molecule has 0 aromatic heterocycles. The van der Waals surface area contributed by atoms with Gasteiger partial charge in [0.05, 0.1) is 13.2 Å². The van der Waals surface area contributed by atoms with Crippen LogP contribution in [0.25, 0.3) is 0 Å². The molecule has 2 rings (SSSR count). The first-order valence-electron chi connectivity index (χ1n) is 11.5. The summed E-state index contributed by atoms with van der Waals surface area (Å²) in [5, 5.41) is 0. The van der Waals surface area contributed by atoms with Crippen LogP contribution in [0.4, 0.5) is 0 Å². The topological polar surface area (TPSA) is 61.8 Å². The second kappa shape index (κ2) is 12.3. The first kappa shape index (κ1) is 25.4. The summed E-state index contributed by atoms with van der Waals surface area (Å²) in [7, 11) is 1.36. The van der Waals surface area contributed by atoms with Gasteiger partial charge in [-0.3, -0.25) is 4.79 Å². The van der Waals surface area contributed by atoms with E-state index >= 15 is 0 Å². The number of ketones is 1. The molecular weight excluding hydrogens is 404 g/mol. The third kappa shape index (κ3) is 6.59. The van der Waals surface area contributed by atoms with Gasteiger partial charge in [0, 0.05) is 17.5 Å². The maximum atomic E-state index is 12.7. The standard InChI is InChI=1S/C27H36O5/c1-7-10-20-16-22(24(28)9-3)17-21(11-8-2)25(20)32-26(27(29)30-6)19-12-14-23(15-13-19)31-18(4)5/h12-18,26H,7-11H2,1-6H3. The lowest BCUT2D eigenvalue weighted by atomic mass is 9.95. The molecule has 2 aromatic rings. The smallest absolute Gasteiger partial charge is 0.351 e. The van der Waals surface area contributed by atoms with Crippen molar-refractivity contribution in [1.29, 1.82) is 0 Å². The van der Waals surface area contributed by atoms with Crippen LogP contribution in [0.5, 0.6) is 11.5 Å². The molecule has 0 aliphatic carbocycles. The molecule has 0 spiro atoms. The van der Waals surface area contributed by atoms with Crippen LogP contribution in [0.1, 0.15) is 87.0 Å². The minimum Gasteiger partial charge on any atom is -0.491 e. The Balaban J connectivity index is 2.51. The Morgan fingerprint density at radius 1 is 0.875 bits per heavy atom. The van der Waals surface area contributed by atoms with Gasteiger partial charge in [-0.05, 0) is 62.1 Å². The van der Waals surface area contributed by atoms with Gasteiger partial charge < -0.3 is 14.2 Å². The van der Waals surface area contributed by atoms with Crippen LogP contribution in [0, 0.1) is 0 Å². The first-order chi connectivity index (χ1) is 15.3. The van der Waals surface area contributed by atoms with Crippen molar-refractivity contribution in [2.45, 2.75) is 78.9 Å². The molecule has 0 amide bonds. The first-order valence-corrected chi connectivity index (χ1v) is 11.5. The summed E-state index contributed by atoms with van der Waals surface area (Å²) >= 11 is 0. The lowest BCUT2D eigenvalue weighted by molar-refractivity contribution is -0.149. The van der Waals surface area contributed by atoms with Crippen LogP contribution < -0.4 is 9.47 Å².